The first-order valence-electron chi connectivity index (χ1n) is 7.48. The summed E-state index contributed by atoms with van der Waals surface area (Å²) in [6.45, 7) is 13.0. The van der Waals surface area contributed by atoms with E-state index in [1.165, 1.54) is 0 Å². The molecule has 0 aromatic heterocycles. The van der Waals surface area contributed by atoms with E-state index in [9.17, 15) is 8.42 Å². The summed E-state index contributed by atoms with van der Waals surface area (Å²) >= 11 is 0. The molecule has 0 aliphatic heterocycles. The van der Waals surface area contributed by atoms with Gasteiger partial charge < -0.3 is 5.32 Å². The Balaban J connectivity index is 4.01. The number of nitrogens with one attached hydrogen (secondary N) is 2. The second-order valence-corrected chi connectivity index (χ2v) is 7.81. The summed E-state index contributed by atoms with van der Waals surface area (Å²) in [5.41, 5.74) is 0. The van der Waals surface area contributed by atoms with Gasteiger partial charge in [0.1, 0.15) is 0 Å². The van der Waals surface area contributed by atoms with Gasteiger partial charge in [-0.25, -0.2) is 13.1 Å². The van der Waals surface area contributed by atoms with Gasteiger partial charge in [0.25, 0.3) is 0 Å². The van der Waals surface area contributed by atoms with Gasteiger partial charge in [-0.1, -0.05) is 34.6 Å². The average Bonchev–Trinajstić information content (AvgIpc) is 2.27. The van der Waals surface area contributed by atoms with Crippen molar-refractivity contribution >= 4 is 10.0 Å². The molecular formula is C14H32N2O2S. The molecule has 0 aliphatic carbocycles. The van der Waals surface area contributed by atoms with Crippen molar-refractivity contribution in [2.45, 2.75) is 47.5 Å². The second kappa shape index (κ2) is 9.72. The van der Waals surface area contributed by atoms with Crippen LogP contribution in [0.2, 0.25) is 0 Å². The van der Waals surface area contributed by atoms with E-state index in [1.807, 2.05) is 0 Å². The van der Waals surface area contributed by atoms with Crippen LogP contribution < -0.4 is 10.0 Å². The second-order valence-electron chi connectivity index (χ2n) is 5.88. The van der Waals surface area contributed by atoms with Crippen molar-refractivity contribution in [2.75, 3.05) is 25.4 Å². The fraction of sp³-hybridized carbons (Fsp3) is 1.00. The monoisotopic (exact) mass is 292 g/mol. The molecule has 0 fully saturated rings. The predicted molar refractivity (Wildman–Crippen MR) is 82.7 cm³/mol. The third-order valence-corrected chi connectivity index (χ3v) is 4.95. The van der Waals surface area contributed by atoms with Gasteiger partial charge in [0.05, 0.1) is 5.75 Å². The minimum absolute atomic E-state index is 0.237. The quantitative estimate of drug-likeness (QED) is 0.574. The van der Waals surface area contributed by atoms with Crippen LogP contribution in [0.5, 0.6) is 0 Å². The maximum absolute atomic E-state index is 11.9. The van der Waals surface area contributed by atoms with Crippen molar-refractivity contribution in [3.05, 3.63) is 0 Å². The highest BCUT2D eigenvalue weighted by molar-refractivity contribution is 7.89. The molecule has 0 radical (unpaired) electrons. The van der Waals surface area contributed by atoms with Crippen molar-refractivity contribution in [1.82, 2.24) is 10.0 Å². The van der Waals surface area contributed by atoms with Gasteiger partial charge in [0.2, 0.25) is 10.0 Å². The number of hydrogen-bond acceptors (Lipinski definition) is 3. The van der Waals surface area contributed by atoms with E-state index in [4.69, 9.17) is 0 Å². The van der Waals surface area contributed by atoms with E-state index < -0.39 is 10.0 Å². The third-order valence-electron chi connectivity index (χ3n) is 3.52. The van der Waals surface area contributed by atoms with Gasteiger partial charge in [-0.2, -0.15) is 0 Å². The Morgan fingerprint density at radius 2 is 1.58 bits per heavy atom. The molecule has 0 amide bonds. The molecular weight excluding hydrogens is 260 g/mol. The Kier molecular flexibility index (Phi) is 9.66. The summed E-state index contributed by atoms with van der Waals surface area (Å²) in [4.78, 5) is 0. The first-order chi connectivity index (χ1) is 8.80. The molecule has 0 atom stereocenters. The van der Waals surface area contributed by atoms with E-state index in [0.717, 1.165) is 25.9 Å². The van der Waals surface area contributed by atoms with Crippen molar-refractivity contribution < 1.29 is 8.42 Å². The van der Waals surface area contributed by atoms with E-state index in [0.29, 0.717) is 24.3 Å². The van der Waals surface area contributed by atoms with E-state index in [-0.39, 0.29) is 5.75 Å². The van der Waals surface area contributed by atoms with Gasteiger partial charge in [0.15, 0.2) is 0 Å². The van der Waals surface area contributed by atoms with Crippen LogP contribution in [0, 0.1) is 17.8 Å². The van der Waals surface area contributed by atoms with Gasteiger partial charge in [0, 0.05) is 6.54 Å². The lowest BCUT2D eigenvalue weighted by Crippen LogP contribution is -2.35. The Bertz CT molecular complexity index is 305. The maximum Gasteiger partial charge on any atom is 0.211 e. The number of rotatable bonds is 11. The molecule has 0 saturated heterocycles. The summed E-state index contributed by atoms with van der Waals surface area (Å²) in [5.74, 6) is 1.63. The topological polar surface area (TPSA) is 58.2 Å². The normalized spacial score (nSPS) is 12.8. The van der Waals surface area contributed by atoms with Crippen molar-refractivity contribution in [3.63, 3.8) is 0 Å². The fourth-order valence-electron chi connectivity index (χ4n) is 2.26. The van der Waals surface area contributed by atoms with E-state index in [2.05, 4.69) is 44.7 Å². The third kappa shape index (κ3) is 9.41. The van der Waals surface area contributed by atoms with Crippen LogP contribution in [0.1, 0.15) is 47.5 Å². The van der Waals surface area contributed by atoms with Gasteiger partial charge >= 0.3 is 0 Å². The summed E-state index contributed by atoms with van der Waals surface area (Å²) in [5, 5.41) is 3.20. The van der Waals surface area contributed by atoms with Crippen molar-refractivity contribution in [3.8, 4) is 0 Å². The smallest absolute Gasteiger partial charge is 0.211 e. The fourth-order valence-corrected chi connectivity index (χ4v) is 3.43. The molecule has 0 unspecified atom stereocenters. The molecule has 0 aromatic carbocycles. The molecule has 2 N–H and O–H groups in total. The van der Waals surface area contributed by atoms with Crippen LogP contribution in [0.4, 0.5) is 0 Å². The molecule has 0 spiro atoms. The Morgan fingerprint density at radius 1 is 1.00 bits per heavy atom. The summed E-state index contributed by atoms with van der Waals surface area (Å²) in [6.07, 6.45) is 1.63. The number of hydrogen-bond donors (Lipinski definition) is 2. The highest BCUT2D eigenvalue weighted by Crippen LogP contribution is 2.19. The molecule has 4 nitrogen and oxygen atoms in total. The Morgan fingerprint density at radius 3 is 2.05 bits per heavy atom. The van der Waals surface area contributed by atoms with Crippen molar-refractivity contribution in [1.29, 1.82) is 0 Å². The van der Waals surface area contributed by atoms with Gasteiger partial charge in [-0.05, 0) is 43.7 Å². The molecule has 0 aromatic rings. The zero-order valence-electron chi connectivity index (χ0n) is 13.2. The van der Waals surface area contributed by atoms with Crippen LogP contribution in [0.15, 0.2) is 0 Å². The standard InChI is InChI=1S/C14H32N2O2S/c1-6-15-9-7-8-10-19(17,18)16-11-14(12(2)3)13(4)5/h12-16H,6-11H2,1-5H3. The van der Waals surface area contributed by atoms with Gasteiger partial charge in [-0.3, -0.25) is 0 Å². The zero-order chi connectivity index (χ0) is 14.9. The molecule has 0 rings (SSSR count). The lowest BCUT2D eigenvalue weighted by atomic mass is 9.86. The highest BCUT2D eigenvalue weighted by Gasteiger charge is 2.20. The first kappa shape index (κ1) is 18.9. The minimum atomic E-state index is -3.11. The summed E-state index contributed by atoms with van der Waals surface area (Å²) in [7, 11) is -3.11. The number of unbranched alkanes of at least 4 members (excludes halogenated alkanes) is 1. The summed E-state index contributed by atoms with van der Waals surface area (Å²) in [6, 6.07) is 0. The molecule has 0 heterocycles. The lowest BCUT2D eigenvalue weighted by Gasteiger charge is -2.25. The average molecular weight is 292 g/mol. The van der Waals surface area contributed by atoms with Crippen LogP contribution in [0.25, 0.3) is 0 Å². The van der Waals surface area contributed by atoms with Crippen LogP contribution in [-0.2, 0) is 10.0 Å². The molecule has 0 saturated carbocycles. The predicted octanol–water partition coefficient (Wildman–Crippen LogP) is 2.22. The molecule has 116 valence electrons. The molecule has 19 heavy (non-hydrogen) atoms. The maximum atomic E-state index is 11.9. The van der Waals surface area contributed by atoms with E-state index in [1.54, 1.807) is 0 Å². The Labute approximate surface area is 119 Å². The zero-order valence-corrected chi connectivity index (χ0v) is 14.0. The minimum Gasteiger partial charge on any atom is -0.317 e. The van der Waals surface area contributed by atoms with Crippen LogP contribution in [-0.4, -0.2) is 33.8 Å². The molecule has 5 heteroatoms. The molecule has 0 aliphatic rings. The summed E-state index contributed by atoms with van der Waals surface area (Å²) < 4.78 is 26.5. The van der Waals surface area contributed by atoms with Gasteiger partial charge in [-0.15, -0.1) is 0 Å². The van der Waals surface area contributed by atoms with Crippen molar-refractivity contribution in [2.24, 2.45) is 17.8 Å². The lowest BCUT2D eigenvalue weighted by molar-refractivity contribution is 0.289. The highest BCUT2D eigenvalue weighted by atomic mass is 32.2. The van der Waals surface area contributed by atoms with Crippen LogP contribution >= 0.6 is 0 Å². The first-order valence-corrected chi connectivity index (χ1v) is 9.13. The SMILES string of the molecule is CCNCCCCS(=O)(=O)NCC(C(C)C)C(C)C. The van der Waals surface area contributed by atoms with Crippen LogP contribution in [0.3, 0.4) is 0 Å². The molecule has 0 bridgehead atoms. The Hall–Kier alpha value is -0.130. The largest absolute Gasteiger partial charge is 0.317 e. The number of sulfonamides is 1. The van der Waals surface area contributed by atoms with E-state index >= 15 is 0 Å².